The third-order valence-electron chi connectivity index (χ3n) is 6.15. The molecule has 0 saturated carbocycles. The van der Waals surface area contributed by atoms with E-state index >= 15 is 0 Å². The number of fused-ring (bicyclic) bond motifs is 1. The van der Waals surface area contributed by atoms with Gasteiger partial charge in [-0.15, -0.1) is 0 Å². The summed E-state index contributed by atoms with van der Waals surface area (Å²) in [5.41, 5.74) is 4.16. The summed E-state index contributed by atoms with van der Waals surface area (Å²) in [4.78, 5) is 27.2. The van der Waals surface area contributed by atoms with Crippen LogP contribution in [0.2, 0.25) is 0 Å². The van der Waals surface area contributed by atoms with Gasteiger partial charge >= 0.3 is 6.09 Å². The van der Waals surface area contributed by atoms with E-state index in [9.17, 15) is 9.59 Å². The molecule has 164 valence electrons. The topological polar surface area (TPSA) is 67.9 Å². The molecule has 4 rings (SSSR count). The molecule has 6 heteroatoms. The number of hydrogen-bond donors (Lipinski definition) is 1. The van der Waals surface area contributed by atoms with Crippen LogP contribution in [0.3, 0.4) is 0 Å². The molecule has 0 aliphatic carbocycles. The normalized spacial score (nSPS) is 17.1. The van der Waals surface area contributed by atoms with E-state index in [-0.39, 0.29) is 24.5 Å². The molecule has 31 heavy (non-hydrogen) atoms. The van der Waals surface area contributed by atoms with Gasteiger partial charge < -0.3 is 19.7 Å². The van der Waals surface area contributed by atoms with E-state index in [0.717, 1.165) is 54.6 Å². The van der Waals surface area contributed by atoms with Crippen LogP contribution in [-0.4, -0.2) is 31.8 Å². The van der Waals surface area contributed by atoms with Crippen molar-refractivity contribution in [3.63, 3.8) is 0 Å². The van der Waals surface area contributed by atoms with Gasteiger partial charge in [-0.25, -0.2) is 4.79 Å². The highest BCUT2D eigenvalue weighted by atomic mass is 16.5. The molecule has 0 bridgehead atoms. The molecular formula is C25H30N2O4. The number of rotatable bonds is 6. The summed E-state index contributed by atoms with van der Waals surface area (Å²) < 4.78 is 10.8. The Labute approximate surface area is 183 Å². The largest absolute Gasteiger partial charge is 0.445 e. The maximum Gasteiger partial charge on any atom is 0.407 e. The highest BCUT2D eigenvalue weighted by molar-refractivity contribution is 5.97. The number of amides is 2. The van der Waals surface area contributed by atoms with Gasteiger partial charge in [0.2, 0.25) is 5.91 Å². The maximum absolute atomic E-state index is 13.0. The number of nitrogens with one attached hydrogen (secondary N) is 1. The van der Waals surface area contributed by atoms with Gasteiger partial charge in [0, 0.05) is 31.4 Å². The molecule has 2 heterocycles. The SMILES string of the molecule is CCC(NC(=O)OCc1ccccc1)c1ccc2c(c1)CCN2C(=O)C1CCOCC1. The zero-order valence-electron chi connectivity index (χ0n) is 18.0. The van der Waals surface area contributed by atoms with E-state index in [0.29, 0.717) is 13.2 Å². The summed E-state index contributed by atoms with van der Waals surface area (Å²) in [6.45, 7) is 4.34. The Balaban J connectivity index is 1.39. The minimum absolute atomic E-state index is 0.0591. The third-order valence-corrected chi connectivity index (χ3v) is 6.15. The van der Waals surface area contributed by atoms with Gasteiger partial charge in [-0.1, -0.05) is 49.4 Å². The first-order valence-corrected chi connectivity index (χ1v) is 11.1. The van der Waals surface area contributed by atoms with Gasteiger partial charge in [-0.2, -0.15) is 0 Å². The van der Waals surface area contributed by atoms with Crippen molar-refractivity contribution in [3.8, 4) is 0 Å². The zero-order chi connectivity index (χ0) is 21.6. The molecule has 2 amide bonds. The van der Waals surface area contributed by atoms with Crippen molar-refractivity contribution < 1.29 is 19.1 Å². The van der Waals surface area contributed by atoms with Crippen molar-refractivity contribution in [2.75, 3.05) is 24.7 Å². The van der Waals surface area contributed by atoms with Crippen LogP contribution in [0.25, 0.3) is 0 Å². The Morgan fingerprint density at radius 1 is 1.16 bits per heavy atom. The van der Waals surface area contributed by atoms with Crippen molar-refractivity contribution in [1.82, 2.24) is 5.32 Å². The molecule has 1 saturated heterocycles. The van der Waals surface area contributed by atoms with Crippen molar-refractivity contribution in [1.29, 1.82) is 0 Å². The molecule has 6 nitrogen and oxygen atoms in total. The van der Waals surface area contributed by atoms with Crippen LogP contribution in [0.4, 0.5) is 10.5 Å². The highest BCUT2D eigenvalue weighted by Gasteiger charge is 2.31. The number of anilines is 1. The Bertz CT molecular complexity index is 909. The molecule has 1 unspecified atom stereocenters. The molecule has 1 fully saturated rings. The van der Waals surface area contributed by atoms with Gasteiger partial charge in [-0.05, 0) is 48.4 Å². The lowest BCUT2D eigenvalue weighted by Crippen LogP contribution is -2.37. The number of ether oxygens (including phenoxy) is 2. The lowest BCUT2D eigenvalue weighted by Gasteiger charge is -2.27. The number of hydrogen-bond acceptors (Lipinski definition) is 4. The van der Waals surface area contributed by atoms with E-state index in [1.807, 2.05) is 54.3 Å². The molecule has 2 aromatic carbocycles. The van der Waals surface area contributed by atoms with E-state index in [1.165, 1.54) is 0 Å². The third kappa shape index (κ3) is 5.07. The molecule has 2 aromatic rings. The number of nitrogens with zero attached hydrogens (tertiary/aromatic N) is 1. The second-order valence-electron chi connectivity index (χ2n) is 8.18. The van der Waals surface area contributed by atoms with Gasteiger partial charge in [0.1, 0.15) is 6.61 Å². The van der Waals surface area contributed by atoms with Crippen molar-refractivity contribution >= 4 is 17.7 Å². The van der Waals surface area contributed by atoms with E-state index in [2.05, 4.69) is 11.4 Å². The molecule has 0 aromatic heterocycles. The second-order valence-corrected chi connectivity index (χ2v) is 8.18. The Morgan fingerprint density at radius 2 is 1.94 bits per heavy atom. The van der Waals surface area contributed by atoms with Crippen LogP contribution in [0.15, 0.2) is 48.5 Å². The average molecular weight is 423 g/mol. The predicted molar refractivity (Wildman–Crippen MR) is 119 cm³/mol. The quantitative estimate of drug-likeness (QED) is 0.750. The Morgan fingerprint density at radius 3 is 2.68 bits per heavy atom. The maximum atomic E-state index is 13.0. The molecular weight excluding hydrogens is 392 g/mol. The van der Waals surface area contributed by atoms with Crippen LogP contribution >= 0.6 is 0 Å². The van der Waals surface area contributed by atoms with Crippen LogP contribution < -0.4 is 10.2 Å². The lowest BCUT2D eigenvalue weighted by molar-refractivity contribution is -0.125. The smallest absolute Gasteiger partial charge is 0.407 e. The number of carbonyl (C=O) groups excluding carboxylic acids is 2. The molecule has 0 radical (unpaired) electrons. The lowest BCUT2D eigenvalue weighted by atomic mass is 9.98. The summed E-state index contributed by atoms with van der Waals surface area (Å²) >= 11 is 0. The second kappa shape index (κ2) is 9.96. The van der Waals surface area contributed by atoms with Crippen molar-refractivity contribution in [2.45, 2.75) is 45.3 Å². The van der Waals surface area contributed by atoms with Crippen molar-refractivity contribution in [2.24, 2.45) is 5.92 Å². The van der Waals surface area contributed by atoms with Gasteiger partial charge in [0.05, 0.1) is 6.04 Å². The summed E-state index contributed by atoms with van der Waals surface area (Å²) in [5, 5.41) is 2.97. The average Bonchev–Trinajstić information content (AvgIpc) is 3.25. The predicted octanol–water partition coefficient (Wildman–Crippen LogP) is 4.38. The number of carbonyl (C=O) groups is 2. The summed E-state index contributed by atoms with van der Waals surface area (Å²) in [5.74, 6) is 0.272. The standard InChI is InChI=1S/C25H30N2O4/c1-2-22(26-25(29)31-17-18-6-4-3-5-7-18)20-8-9-23-21(16-20)10-13-27(23)24(28)19-11-14-30-15-12-19/h3-9,16,19,22H,2,10-15,17H2,1H3,(H,26,29). The van der Waals surface area contributed by atoms with Crippen molar-refractivity contribution in [3.05, 3.63) is 65.2 Å². The number of alkyl carbamates (subject to hydrolysis) is 1. The molecule has 1 atom stereocenters. The molecule has 0 spiro atoms. The van der Waals surface area contributed by atoms with Gasteiger partial charge in [-0.3, -0.25) is 4.79 Å². The van der Waals surface area contributed by atoms with Gasteiger partial charge in [0.15, 0.2) is 0 Å². The minimum Gasteiger partial charge on any atom is -0.445 e. The molecule has 2 aliphatic rings. The van der Waals surface area contributed by atoms with Crippen LogP contribution in [0, 0.1) is 5.92 Å². The minimum atomic E-state index is -0.424. The first-order chi connectivity index (χ1) is 15.2. The Kier molecular flexibility index (Phi) is 6.87. The fraction of sp³-hybridized carbons (Fsp3) is 0.440. The fourth-order valence-electron chi connectivity index (χ4n) is 4.36. The summed E-state index contributed by atoms with van der Waals surface area (Å²) in [6.07, 6.45) is 2.77. The fourth-order valence-corrected chi connectivity index (χ4v) is 4.36. The highest BCUT2D eigenvalue weighted by Crippen LogP contribution is 2.33. The summed E-state index contributed by atoms with van der Waals surface area (Å²) in [7, 11) is 0. The van der Waals surface area contributed by atoms with Crippen LogP contribution in [0.1, 0.15) is 48.9 Å². The zero-order valence-corrected chi connectivity index (χ0v) is 18.0. The Hall–Kier alpha value is -2.86. The van der Waals surface area contributed by atoms with Crippen LogP contribution in [-0.2, 0) is 27.3 Å². The first kappa shape index (κ1) is 21.4. The van der Waals surface area contributed by atoms with Gasteiger partial charge in [0.25, 0.3) is 0 Å². The van der Waals surface area contributed by atoms with E-state index in [4.69, 9.17) is 9.47 Å². The van der Waals surface area contributed by atoms with E-state index in [1.54, 1.807) is 0 Å². The van der Waals surface area contributed by atoms with Crippen LogP contribution in [0.5, 0.6) is 0 Å². The molecule has 1 N–H and O–H groups in total. The first-order valence-electron chi connectivity index (χ1n) is 11.1. The van der Waals surface area contributed by atoms with E-state index < -0.39 is 6.09 Å². The number of benzene rings is 2. The molecule has 2 aliphatic heterocycles. The summed E-state index contributed by atoms with van der Waals surface area (Å²) in [6, 6.07) is 15.7. The monoisotopic (exact) mass is 422 g/mol.